The van der Waals surface area contributed by atoms with Crippen molar-refractivity contribution in [1.29, 1.82) is 0 Å². The van der Waals surface area contributed by atoms with E-state index in [1.54, 1.807) is 24.5 Å². The zero-order valence-corrected chi connectivity index (χ0v) is 10.1. The molecular weight excluding hydrogens is 262 g/mol. The van der Waals surface area contributed by atoms with Crippen molar-refractivity contribution in [2.24, 2.45) is 0 Å². The number of hydrogen-bond donors (Lipinski definition) is 3. The summed E-state index contributed by atoms with van der Waals surface area (Å²) < 4.78 is 0. The molecule has 0 amide bonds. The highest BCUT2D eigenvalue weighted by atomic mass is 16.8. The fraction of sp³-hybridized carbons (Fsp3) is 0. The van der Waals surface area contributed by atoms with Crippen molar-refractivity contribution in [3.63, 3.8) is 0 Å². The van der Waals surface area contributed by atoms with Crippen LogP contribution in [0.15, 0.2) is 36.7 Å². The van der Waals surface area contributed by atoms with Crippen molar-refractivity contribution < 1.29 is 20.3 Å². The number of carboxylic acids is 1. The zero-order valence-electron chi connectivity index (χ0n) is 10.1. The van der Waals surface area contributed by atoms with Gasteiger partial charge in [0.2, 0.25) is 0 Å². The van der Waals surface area contributed by atoms with E-state index in [0.29, 0.717) is 10.9 Å². The van der Waals surface area contributed by atoms with Crippen LogP contribution >= 0.6 is 0 Å². The first kappa shape index (κ1) is 12.4. The number of pyridine rings is 2. The fourth-order valence-corrected chi connectivity index (χ4v) is 2.12. The third-order valence-electron chi connectivity index (χ3n) is 3.04. The van der Waals surface area contributed by atoms with E-state index in [2.05, 4.69) is 9.97 Å². The Kier molecular flexibility index (Phi) is 2.79. The molecule has 0 radical (unpaired) electrons. The number of quaternary nitrogens is 1. The Balaban J connectivity index is 2.49. The Bertz CT molecular complexity index is 832. The predicted molar refractivity (Wildman–Crippen MR) is 69.8 cm³/mol. The number of aromatic nitrogens is 2. The second kappa shape index (κ2) is 4.49. The molecule has 3 N–H and O–H groups in total. The molecule has 0 bridgehead atoms. The highest BCUT2D eigenvalue weighted by Crippen LogP contribution is 2.26. The third-order valence-corrected chi connectivity index (χ3v) is 3.04. The van der Waals surface area contributed by atoms with Crippen molar-refractivity contribution in [1.82, 2.24) is 9.97 Å². The van der Waals surface area contributed by atoms with E-state index < -0.39 is 11.2 Å². The molecule has 1 aromatic carbocycles. The minimum atomic E-state index is -1.15. The van der Waals surface area contributed by atoms with Crippen LogP contribution in [0.4, 0.5) is 5.69 Å². The second-order valence-electron chi connectivity index (χ2n) is 4.22. The molecule has 0 saturated heterocycles. The van der Waals surface area contributed by atoms with Crippen LogP contribution < -0.4 is 5.23 Å². The van der Waals surface area contributed by atoms with Crippen LogP contribution in [0, 0.1) is 5.21 Å². The fourth-order valence-electron chi connectivity index (χ4n) is 2.12. The van der Waals surface area contributed by atoms with Gasteiger partial charge in [0.15, 0.2) is 5.69 Å². The van der Waals surface area contributed by atoms with Crippen molar-refractivity contribution in [2.75, 3.05) is 0 Å². The van der Waals surface area contributed by atoms with Crippen molar-refractivity contribution in [3.8, 4) is 0 Å². The van der Waals surface area contributed by atoms with E-state index in [9.17, 15) is 20.3 Å². The number of nitrogens with one attached hydrogen (secondary N) is 1. The minimum Gasteiger partial charge on any atom is -0.595 e. The van der Waals surface area contributed by atoms with E-state index in [4.69, 9.17) is 0 Å². The maximum absolute atomic E-state index is 11.2. The lowest BCUT2D eigenvalue weighted by Crippen LogP contribution is -2.99. The molecule has 7 nitrogen and oxygen atoms in total. The number of hydrogen-bond acceptors (Lipinski definition) is 5. The highest BCUT2D eigenvalue weighted by molar-refractivity contribution is 6.07. The molecule has 1 atom stereocenters. The Morgan fingerprint density at radius 2 is 2.10 bits per heavy atom. The molecule has 2 heterocycles. The standard InChI is InChI=1S/C13H9N3O4/c17-13(18)8-1-2-11(16(19)20)9-5-7-6-14-4-3-10(7)15-12(8)9/h1-6,16,19H,(H,17,18). The lowest BCUT2D eigenvalue weighted by molar-refractivity contribution is -0.990. The highest BCUT2D eigenvalue weighted by Gasteiger charge is 2.17. The summed E-state index contributed by atoms with van der Waals surface area (Å²) in [4.78, 5) is 19.4. The normalized spacial score (nSPS) is 12.7. The summed E-state index contributed by atoms with van der Waals surface area (Å²) >= 11 is 0. The van der Waals surface area contributed by atoms with E-state index >= 15 is 0 Å². The molecule has 0 saturated carbocycles. The van der Waals surface area contributed by atoms with E-state index in [-0.39, 0.29) is 22.2 Å². The summed E-state index contributed by atoms with van der Waals surface area (Å²) in [5.41, 5.74) is 0.723. The summed E-state index contributed by atoms with van der Waals surface area (Å²) in [6, 6.07) is 5.78. The van der Waals surface area contributed by atoms with Gasteiger partial charge in [0.1, 0.15) is 0 Å². The first-order chi connectivity index (χ1) is 9.58. The van der Waals surface area contributed by atoms with Crippen molar-refractivity contribution >= 4 is 33.5 Å². The molecule has 20 heavy (non-hydrogen) atoms. The van der Waals surface area contributed by atoms with Gasteiger partial charge < -0.3 is 10.3 Å². The maximum atomic E-state index is 11.2. The molecule has 1 unspecified atom stereocenters. The van der Waals surface area contributed by atoms with Crippen LogP contribution in [-0.4, -0.2) is 26.3 Å². The molecule has 2 aromatic heterocycles. The Labute approximate surface area is 112 Å². The Morgan fingerprint density at radius 1 is 1.30 bits per heavy atom. The number of fused-ring (bicyclic) bond motifs is 2. The topological polar surface area (TPSA) is 111 Å². The minimum absolute atomic E-state index is 0.0169. The average molecular weight is 271 g/mol. The maximum Gasteiger partial charge on any atom is 0.337 e. The van der Waals surface area contributed by atoms with Gasteiger partial charge in [-0.2, -0.15) is 5.23 Å². The van der Waals surface area contributed by atoms with Crippen LogP contribution in [-0.2, 0) is 0 Å². The molecule has 0 fully saturated rings. The van der Waals surface area contributed by atoms with E-state index in [0.717, 1.165) is 0 Å². The van der Waals surface area contributed by atoms with Crippen LogP contribution in [0.25, 0.3) is 21.8 Å². The zero-order chi connectivity index (χ0) is 14.3. The van der Waals surface area contributed by atoms with Crippen LogP contribution in [0.5, 0.6) is 0 Å². The van der Waals surface area contributed by atoms with Gasteiger partial charge in [-0.25, -0.2) is 15.0 Å². The summed E-state index contributed by atoms with van der Waals surface area (Å²) in [5.74, 6) is -1.15. The number of benzene rings is 1. The number of aromatic carboxylic acids is 1. The van der Waals surface area contributed by atoms with Gasteiger partial charge in [0.05, 0.1) is 22.0 Å². The number of nitrogens with zero attached hydrogens (tertiary/aromatic N) is 2. The van der Waals surface area contributed by atoms with Gasteiger partial charge in [0.25, 0.3) is 0 Å². The molecule has 0 aliphatic carbocycles. The van der Waals surface area contributed by atoms with Crippen molar-refractivity contribution in [2.45, 2.75) is 0 Å². The molecule has 3 rings (SSSR count). The summed E-state index contributed by atoms with van der Waals surface area (Å²) in [6.45, 7) is 0. The smallest absolute Gasteiger partial charge is 0.337 e. The Morgan fingerprint density at radius 3 is 2.80 bits per heavy atom. The first-order valence-electron chi connectivity index (χ1n) is 5.72. The van der Waals surface area contributed by atoms with Gasteiger partial charge in [0, 0.05) is 23.8 Å². The third kappa shape index (κ3) is 1.86. The first-order valence-corrected chi connectivity index (χ1v) is 5.72. The molecule has 3 aromatic rings. The number of rotatable bonds is 2. The van der Waals surface area contributed by atoms with Crippen LogP contribution in [0.2, 0.25) is 0 Å². The summed E-state index contributed by atoms with van der Waals surface area (Å²) in [5, 5.41) is 29.4. The SMILES string of the molecule is O=C(O)c1ccc([NH+]([O-])O)c2cc3cnccc3nc12. The van der Waals surface area contributed by atoms with Gasteiger partial charge in [-0.05, 0) is 18.2 Å². The second-order valence-corrected chi connectivity index (χ2v) is 4.22. The molecule has 0 spiro atoms. The molecular formula is C13H9N3O4. The lowest BCUT2D eigenvalue weighted by atomic mass is 10.1. The molecule has 0 aliphatic rings. The largest absolute Gasteiger partial charge is 0.595 e. The molecule has 100 valence electrons. The predicted octanol–water partition coefficient (Wildman–Crippen LogP) is 0.885. The summed E-state index contributed by atoms with van der Waals surface area (Å²) in [6.07, 6.45) is 3.10. The number of carboxylic acid groups (broad SMARTS) is 1. The van der Waals surface area contributed by atoms with Crippen LogP contribution in [0.1, 0.15) is 10.4 Å². The Hall–Kier alpha value is -2.61. The molecule has 7 heteroatoms. The van der Waals surface area contributed by atoms with E-state index in [1.165, 1.54) is 12.1 Å². The molecule has 0 aliphatic heterocycles. The van der Waals surface area contributed by atoms with Gasteiger partial charge in [-0.15, -0.1) is 0 Å². The summed E-state index contributed by atoms with van der Waals surface area (Å²) in [7, 11) is 0. The lowest BCUT2D eigenvalue weighted by Gasteiger charge is -2.15. The van der Waals surface area contributed by atoms with Crippen molar-refractivity contribution in [3.05, 3.63) is 47.4 Å². The van der Waals surface area contributed by atoms with Gasteiger partial charge >= 0.3 is 5.97 Å². The number of carbonyl (C=O) groups is 1. The van der Waals surface area contributed by atoms with Gasteiger partial charge in [-0.1, -0.05) is 0 Å². The van der Waals surface area contributed by atoms with Crippen LogP contribution in [0.3, 0.4) is 0 Å². The van der Waals surface area contributed by atoms with E-state index in [1.807, 2.05) is 0 Å². The quantitative estimate of drug-likeness (QED) is 0.471. The average Bonchev–Trinajstić information content (AvgIpc) is 2.43. The van der Waals surface area contributed by atoms with Gasteiger partial charge in [-0.3, -0.25) is 4.98 Å². The monoisotopic (exact) mass is 271 g/mol.